The molecule has 0 saturated heterocycles. The Kier molecular flexibility index (Phi) is 4.28. The fourth-order valence-electron chi connectivity index (χ4n) is 4.20. The first-order valence-corrected chi connectivity index (χ1v) is 9.43. The summed E-state index contributed by atoms with van der Waals surface area (Å²) in [4.78, 5) is 11.4. The van der Waals surface area contributed by atoms with Crippen molar-refractivity contribution in [2.75, 3.05) is 5.32 Å². The van der Waals surface area contributed by atoms with Gasteiger partial charge < -0.3 is 10.4 Å². The Hall–Kier alpha value is -2.26. The smallest absolute Gasteiger partial charge is 0.335 e. The summed E-state index contributed by atoms with van der Waals surface area (Å²) < 4.78 is 0. The summed E-state index contributed by atoms with van der Waals surface area (Å²) in [7, 11) is 0. The fraction of sp³-hybridized carbons (Fsp3) is 0.318. The summed E-state index contributed by atoms with van der Waals surface area (Å²) in [5.41, 5.74) is 4.67. The van der Waals surface area contributed by atoms with E-state index in [1.165, 1.54) is 17.2 Å². The minimum atomic E-state index is -0.945. The summed E-state index contributed by atoms with van der Waals surface area (Å²) in [6.45, 7) is 4.39. The molecule has 4 rings (SSSR count). The Morgan fingerprint density at radius 3 is 2.62 bits per heavy atom. The van der Waals surface area contributed by atoms with Gasteiger partial charge in [0, 0.05) is 5.92 Å². The molecule has 0 aromatic heterocycles. The molecule has 134 valence electrons. The molecule has 3 nitrogen and oxygen atoms in total. The molecule has 2 aliphatic rings. The standard InChI is InChI=1S/C22H22ClNO2/c1-12(2)13-6-8-14(9-7-13)20-17-5-3-4-16(17)18-10-15(22(25)26)11-19(23)21(18)24-20/h3-4,6-12,16-17,20,24H,5H2,1-2H3,(H,25,26)/t16-,17+,20-/m0/s1. The summed E-state index contributed by atoms with van der Waals surface area (Å²) in [5.74, 6) is 0.124. The van der Waals surface area contributed by atoms with Gasteiger partial charge in [-0.2, -0.15) is 0 Å². The van der Waals surface area contributed by atoms with Gasteiger partial charge in [-0.25, -0.2) is 4.79 Å². The van der Waals surface area contributed by atoms with Gasteiger partial charge in [-0.1, -0.05) is 61.9 Å². The second-order valence-electron chi connectivity index (χ2n) is 7.52. The molecule has 0 bridgehead atoms. The van der Waals surface area contributed by atoms with Crippen molar-refractivity contribution in [1.29, 1.82) is 0 Å². The van der Waals surface area contributed by atoms with E-state index in [0.717, 1.165) is 17.7 Å². The van der Waals surface area contributed by atoms with Crippen LogP contribution in [0.3, 0.4) is 0 Å². The number of hydrogen-bond donors (Lipinski definition) is 2. The number of anilines is 1. The lowest BCUT2D eigenvalue weighted by Crippen LogP contribution is -2.29. The Labute approximate surface area is 158 Å². The Balaban J connectivity index is 1.76. The molecule has 0 fully saturated rings. The lowest BCUT2D eigenvalue weighted by atomic mass is 9.76. The number of nitrogens with one attached hydrogen (secondary N) is 1. The van der Waals surface area contributed by atoms with E-state index in [4.69, 9.17) is 11.6 Å². The van der Waals surface area contributed by atoms with Crippen LogP contribution in [-0.2, 0) is 0 Å². The number of halogens is 1. The van der Waals surface area contributed by atoms with E-state index in [1.807, 2.05) is 0 Å². The number of hydrogen-bond acceptors (Lipinski definition) is 2. The molecule has 26 heavy (non-hydrogen) atoms. The van der Waals surface area contributed by atoms with Gasteiger partial charge in [-0.15, -0.1) is 0 Å². The average Bonchev–Trinajstić information content (AvgIpc) is 3.11. The van der Waals surface area contributed by atoms with Crippen LogP contribution < -0.4 is 5.32 Å². The first-order chi connectivity index (χ1) is 12.5. The van der Waals surface area contributed by atoms with E-state index >= 15 is 0 Å². The van der Waals surface area contributed by atoms with Gasteiger partial charge in [-0.3, -0.25) is 0 Å². The third-order valence-corrected chi connectivity index (χ3v) is 5.93. The lowest BCUT2D eigenvalue weighted by molar-refractivity contribution is 0.0696. The van der Waals surface area contributed by atoms with E-state index in [2.05, 4.69) is 55.6 Å². The van der Waals surface area contributed by atoms with Crippen molar-refractivity contribution in [2.24, 2.45) is 5.92 Å². The van der Waals surface area contributed by atoms with Crippen LogP contribution >= 0.6 is 11.6 Å². The van der Waals surface area contributed by atoms with Crippen molar-refractivity contribution in [3.63, 3.8) is 0 Å². The lowest BCUT2D eigenvalue weighted by Gasteiger charge is -2.38. The molecule has 2 aromatic carbocycles. The summed E-state index contributed by atoms with van der Waals surface area (Å²) in [6, 6.07) is 12.3. The van der Waals surface area contributed by atoms with Crippen LogP contribution in [0, 0.1) is 5.92 Å². The first kappa shape index (κ1) is 17.2. The highest BCUT2D eigenvalue weighted by atomic mass is 35.5. The quantitative estimate of drug-likeness (QED) is 0.655. The highest BCUT2D eigenvalue weighted by Crippen LogP contribution is 2.51. The minimum Gasteiger partial charge on any atom is -0.478 e. The number of benzene rings is 2. The van der Waals surface area contributed by atoms with Crippen molar-refractivity contribution in [2.45, 2.75) is 38.1 Å². The van der Waals surface area contributed by atoms with Gasteiger partial charge in [0.05, 0.1) is 22.3 Å². The van der Waals surface area contributed by atoms with Crippen LogP contribution in [0.5, 0.6) is 0 Å². The molecule has 0 amide bonds. The molecule has 1 heterocycles. The molecule has 2 aromatic rings. The molecule has 3 atom stereocenters. The molecule has 1 aliphatic heterocycles. The number of carbonyl (C=O) groups is 1. The largest absolute Gasteiger partial charge is 0.478 e. The topological polar surface area (TPSA) is 49.3 Å². The van der Waals surface area contributed by atoms with E-state index in [1.54, 1.807) is 6.07 Å². The summed E-state index contributed by atoms with van der Waals surface area (Å²) >= 11 is 6.45. The summed E-state index contributed by atoms with van der Waals surface area (Å²) in [6.07, 6.45) is 5.37. The Morgan fingerprint density at radius 1 is 1.23 bits per heavy atom. The van der Waals surface area contributed by atoms with Gasteiger partial charge >= 0.3 is 5.97 Å². The van der Waals surface area contributed by atoms with Crippen LogP contribution in [0.2, 0.25) is 5.02 Å². The highest BCUT2D eigenvalue weighted by molar-refractivity contribution is 6.33. The van der Waals surface area contributed by atoms with E-state index in [0.29, 0.717) is 16.9 Å². The maximum atomic E-state index is 11.4. The number of aromatic carboxylic acids is 1. The summed E-state index contributed by atoms with van der Waals surface area (Å²) in [5, 5.41) is 13.4. The predicted octanol–water partition coefficient (Wildman–Crippen LogP) is 5.99. The number of carboxylic acid groups (broad SMARTS) is 1. The van der Waals surface area contributed by atoms with Crippen LogP contribution in [0.15, 0.2) is 48.6 Å². The van der Waals surface area contributed by atoms with Gasteiger partial charge in [-0.05, 0) is 47.1 Å². The number of carboxylic acids is 1. The van der Waals surface area contributed by atoms with Gasteiger partial charge in [0.2, 0.25) is 0 Å². The molecule has 0 spiro atoms. The monoisotopic (exact) mass is 367 g/mol. The molecule has 0 unspecified atom stereocenters. The minimum absolute atomic E-state index is 0.164. The number of rotatable bonds is 3. The first-order valence-electron chi connectivity index (χ1n) is 9.05. The zero-order chi connectivity index (χ0) is 18.4. The molecule has 1 aliphatic carbocycles. The normalized spacial score (nSPS) is 23.5. The third-order valence-electron chi connectivity index (χ3n) is 5.63. The number of allylic oxidation sites excluding steroid dienone is 2. The van der Waals surface area contributed by atoms with Gasteiger partial charge in [0.15, 0.2) is 0 Å². The molecule has 0 radical (unpaired) electrons. The fourth-order valence-corrected chi connectivity index (χ4v) is 4.48. The zero-order valence-corrected chi connectivity index (χ0v) is 15.6. The zero-order valence-electron chi connectivity index (χ0n) is 14.9. The Morgan fingerprint density at radius 2 is 1.96 bits per heavy atom. The second kappa shape index (κ2) is 6.48. The van der Waals surface area contributed by atoms with Crippen molar-refractivity contribution in [1.82, 2.24) is 0 Å². The van der Waals surface area contributed by atoms with E-state index in [-0.39, 0.29) is 17.5 Å². The molecular weight excluding hydrogens is 346 g/mol. The maximum Gasteiger partial charge on any atom is 0.335 e. The molecule has 0 saturated carbocycles. The Bertz CT molecular complexity index is 886. The molecule has 2 N–H and O–H groups in total. The predicted molar refractivity (Wildman–Crippen MR) is 105 cm³/mol. The van der Waals surface area contributed by atoms with Crippen LogP contribution in [-0.4, -0.2) is 11.1 Å². The third kappa shape index (κ3) is 2.80. The van der Waals surface area contributed by atoms with Crippen LogP contribution in [0.25, 0.3) is 0 Å². The van der Waals surface area contributed by atoms with Crippen LogP contribution in [0.1, 0.15) is 65.2 Å². The SMILES string of the molecule is CC(C)c1ccc([C@@H]2Nc3c(Cl)cc(C(=O)O)cc3[C@H]3C=CC[C@H]32)cc1. The van der Waals surface area contributed by atoms with Crippen molar-refractivity contribution < 1.29 is 9.90 Å². The van der Waals surface area contributed by atoms with E-state index in [9.17, 15) is 9.90 Å². The molecular formula is C22H22ClNO2. The average molecular weight is 368 g/mol. The van der Waals surface area contributed by atoms with Gasteiger partial charge in [0.1, 0.15) is 0 Å². The highest BCUT2D eigenvalue weighted by Gasteiger charge is 2.39. The van der Waals surface area contributed by atoms with Gasteiger partial charge in [0.25, 0.3) is 0 Å². The van der Waals surface area contributed by atoms with Crippen LogP contribution in [0.4, 0.5) is 5.69 Å². The molecule has 4 heteroatoms. The van der Waals surface area contributed by atoms with Crippen molar-refractivity contribution >= 4 is 23.3 Å². The van der Waals surface area contributed by atoms with E-state index < -0.39 is 5.97 Å². The number of fused-ring (bicyclic) bond motifs is 3. The second-order valence-corrected chi connectivity index (χ2v) is 7.93. The van der Waals surface area contributed by atoms with Crippen molar-refractivity contribution in [3.05, 3.63) is 75.8 Å². The van der Waals surface area contributed by atoms with Crippen molar-refractivity contribution in [3.8, 4) is 0 Å². The maximum absolute atomic E-state index is 11.4.